The van der Waals surface area contributed by atoms with E-state index in [1.54, 1.807) is 10.8 Å². The summed E-state index contributed by atoms with van der Waals surface area (Å²) in [6.07, 6.45) is 13.8. The maximum absolute atomic E-state index is 13.4. The average Bonchev–Trinajstić information content (AvgIpc) is 3.29. The minimum Gasteiger partial charge on any atom is -0.301 e. The second-order valence-corrected chi connectivity index (χ2v) is 11.8. The number of rotatable bonds is 7. The van der Waals surface area contributed by atoms with Crippen LogP contribution in [0.15, 0.2) is 33.9 Å². The highest BCUT2D eigenvalue weighted by molar-refractivity contribution is 7.99. The fourth-order valence-electron chi connectivity index (χ4n) is 6.75. The Morgan fingerprint density at radius 1 is 1.09 bits per heavy atom. The van der Waals surface area contributed by atoms with Crippen LogP contribution in [0.4, 0.5) is 5.13 Å². The Bertz CT molecular complexity index is 1210. The number of fused-ring (bicyclic) bond motifs is 1. The summed E-state index contributed by atoms with van der Waals surface area (Å²) in [5.41, 5.74) is 0.812. The highest BCUT2D eigenvalue weighted by Crippen LogP contribution is 2.61. The molecule has 3 aromatic heterocycles. The van der Waals surface area contributed by atoms with Crippen LogP contribution < -0.4 is 10.9 Å². The van der Waals surface area contributed by atoms with Crippen LogP contribution in [0.3, 0.4) is 0 Å². The predicted octanol–water partition coefficient (Wildman–Crippen LogP) is 3.98. The van der Waals surface area contributed by atoms with Crippen molar-refractivity contribution in [3.63, 3.8) is 0 Å². The minimum absolute atomic E-state index is 0.148. The lowest BCUT2D eigenvalue weighted by Gasteiger charge is -2.57. The Labute approximate surface area is 199 Å². The number of nitrogens with zero attached hydrogens (tertiary/aromatic N) is 5. The summed E-state index contributed by atoms with van der Waals surface area (Å²) in [7, 11) is 0. The van der Waals surface area contributed by atoms with Crippen molar-refractivity contribution < 1.29 is 4.79 Å². The highest BCUT2D eigenvalue weighted by Gasteiger charge is 2.50. The molecule has 33 heavy (non-hydrogen) atoms. The zero-order valence-corrected chi connectivity index (χ0v) is 19.9. The summed E-state index contributed by atoms with van der Waals surface area (Å²) < 4.78 is 1.73. The van der Waals surface area contributed by atoms with E-state index in [-0.39, 0.29) is 17.2 Å². The summed E-state index contributed by atoms with van der Waals surface area (Å²) >= 11 is 2.65. The number of anilines is 1. The van der Waals surface area contributed by atoms with E-state index in [2.05, 4.69) is 25.3 Å². The van der Waals surface area contributed by atoms with E-state index >= 15 is 0 Å². The molecule has 0 spiro atoms. The number of thiazole rings is 1. The van der Waals surface area contributed by atoms with Crippen LogP contribution in [-0.2, 0) is 11.3 Å². The second kappa shape index (κ2) is 8.47. The molecule has 4 bridgehead atoms. The number of carbonyl (C=O) groups is 1. The third kappa shape index (κ3) is 4.19. The Morgan fingerprint density at radius 2 is 1.82 bits per heavy atom. The van der Waals surface area contributed by atoms with Gasteiger partial charge in [-0.15, -0.1) is 11.3 Å². The maximum Gasteiger partial charge on any atom is 0.282 e. The summed E-state index contributed by atoms with van der Waals surface area (Å²) in [5, 5.41) is 5.70. The number of thioether (sulfide) groups is 1. The molecule has 4 saturated carbocycles. The molecule has 1 amide bonds. The molecule has 3 heterocycles. The smallest absolute Gasteiger partial charge is 0.282 e. The Balaban J connectivity index is 1.25. The molecule has 0 atom stereocenters. The molecule has 1 N–H and O–H groups in total. The van der Waals surface area contributed by atoms with E-state index in [4.69, 9.17) is 0 Å². The van der Waals surface area contributed by atoms with Gasteiger partial charge in [-0.25, -0.2) is 19.9 Å². The lowest BCUT2D eigenvalue weighted by molar-refractivity contribution is -0.113. The van der Waals surface area contributed by atoms with Gasteiger partial charge in [0.15, 0.2) is 21.5 Å². The number of hydrogen-bond donors (Lipinski definition) is 1. The van der Waals surface area contributed by atoms with Crippen LogP contribution in [-0.4, -0.2) is 36.2 Å². The van der Waals surface area contributed by atoms with Crippen molar-refractivity contribution in [2.45, 2.75) is 56.6 Å². The van der Waals surface area contributed by atoms with Crippen molar-refractivity contribution in [2.24, 2.45) is 23.2 Å². The van der Waals surface area contributed by atoms with E-state index in [0.29, 0.717) is 33.4 Å². The van der Waals surface area contributed by atoms with Crippen molar-refractivity contribution in [3.05, 3.63) is 34.3 Å². The molecule has 0 aliphatic heterocycles. The molecular weight excluding hydrogens is 456 g/mol. The molecule has 3 aromatic rings. The van der Waals surface area contributed by atoms with Crippen molar-refractivity contribution in [1.82, 2.24) is 24.5 Å². The zero-order chi connectivity index (χ0) is 22.4. The third-order valence-electron chi connectivity index (χ3n) is 7.60. The number of carbonyl (C=O) groups excluding carboxylic acids is 1. The van der Waals surface area contributed by atoms with E-state index in [1.165, 1.54) is 74.0 Å². The number of aromatic nitrogens is 5. The van der Waals surface area contributed by atoms with Gasteiger partial charge in [0, 0.05) is 30.5 Å². The van der Waals surface area contributed by atoms with Gasteiger partial charge in [-0.05, 0) is 68.1 Å². The van der Waals surface area contributed by atoms with Crippen LogP contribution in [0.25, 0.3) is 11.2 Å². The molecule has 4 aliphatic rings. The lowest BCUT2D eigenvalue weighted by Crippen LogP contribution is -2.46. The average molecular weight is 483 g/mol. The van der Waals surface area contributed by atoms with Crippen molar-refractivity contribution >= 4 is 45.3 Å². The first-order valence-electron chi connectivity index (χ1n) is 11.6. The van der Waals surface area contributed by atoms with E-state index in [9.17, 15) is 9.59 Å². The molecule has 0 radical (unpaired) electrons. The van der Waals surface area contributed by atoms with Gasteiger partial charge < -0.3 is 5.32 Å². The molecule has 0 unspecified atom stereocenters. The summed E-state index contributed by atoms with van der Waals surface area (Å²) in [6.45, 7) is 0.612. The molecule has 172 valence electrons. The van der Waals surface area contributed by atoms with Crippen LogP contribution in [0.2, 0.25) is 0 Å². The molecule has 4 aliphatic carbocycles. The molecule has 7 rings (SSSR count). The van der Waals surface area contributed by atoms with E-state index in [0.717, 1.165) is 24.2 Å². The number of nitrogens with one attached hydrogen (secondary N) is 1. The van der Waals surface area contributed by atoms with Crippen molar-refractivity contribution in [1.29, 1.82) is 0 Å². The molecule has 4 fully saturated rings. The van der Waals surface area contributed by atoms with E-state index in [1.807, 2.05) is 5.38 Å². The fraction of sp³-hybridized carbons (Fsp3) is 0.565. The standard InChI is InChI=1S/C23H26N6O2S2/c30-17(27-21-26-4-6-32-21)13-33-22-28-19-18(24-2-3-25-19)20(31)29(22)5-1-23-10-14-7-15(11-23)9-16(8-14)12-23/h2-4,6,14-16H,1,5,7-13H2,(H,26,27,30). The normalized spacial score (nSPS) is 27.8. The SMILES string of the molecule is O=C(CSc1nc2nccnc2c(=O)n1CCC12CC3CC(CC(C3)C1)C2)Nc1nccs1. The monoisotopic (exact) mass is 482 g/mol. The Morgan fingerprint density at radius 3 is 2.52 bits per heavy atom. The first kappa shape index (κ1) is 21.2. The van der Waals surface area contributed by atoms with Crippen molar-refractivity contribution in [2.75, 3.05) is 11.1 Å². The van der Waals surface area contributed by atoms with Gasteiger partial charge in [0.25, 0.3) is 5.56 Å². The minimum atomic E-state index is -0.170. The lowest BCUT2D eigenvalue weighted by atomic mass is 9.49. The summed E-state index contributed by atoms with van der Waals surface area (Å²) in [4.78, 5) is 43.0. The second-order valence-electron chi connectivity index (χ2n) is 9.92. The Kier molecular flexibility index (Phi) is 5.44. The van der Waals surface area contributed by atoms with Crippen LogP contribution in [0, 0.1) is 23.2 Å². The highest BCUT2D eigenvalue weighted by atomic mass is 32.2. The summed E-state index contributed by atoms with van der Waals surface area (Å²) in [5.74, 6) is 2.59. The van der Waals surface area contributed by atoms with Gasteiger partial charge in [0.1, 0.15) is 0 Å². The van der Waals surface area contributed by atoms with Gasteiger partial charge >= 0.3 is 0 Å². The first-order chi connectivity index (χ1) is 16.1. The summed E-state index contributed by atoms with van der Waals surface area (Å²) in [6, 6.07) is 0. The third-order valence-corrected chi connectivity index (χ3v) is 9.27. The molecule has 8 nitrogen and oxygen atoms in total. The largest absolute Gasteiger partial charge is 0.301 e. The number of hydrogen-bond acceptors (Lipinski definition) is 8. The first-order valence-corrected chi connectivity index (χ1v) is 13.5. The number of amides is 1. The maximum atomic E-state index is 13.4. The van der Waals surface area contributed by atoms with Gasteiger partial charge in [-0.3, -0.25) is 14.2 Å². The quantitative estimate of drug-likeness (QED) is 0.401. The van der Waals surface area contributed by atoms with Crippen molar-refractivity contribution in [3.8, 4) is 0 Å². The Hall–Kier alpha value is -2.33. The van der Waals surface area contributed by atoms with Gasteiger partial charge in [-0.1, -0.05) is 11.8 Å². The van der Waals surface area contributed by atoms with Gasteiger partial charge in [0.2, 0.25) is 5.91 Å². The molecular formula is C23H26N6O2S2. The van der Waals surface area contributed by atoms with E-state index < -0.39 is 0 Å². The topological polar surface area (TPSA) is 103 Å². The molecule has 0 saturated heterocycles. The predicted molar refractivity (Wildman–Crippen MR) is 128 cm³/mol. The molecule has 10 heteroatoms. The van der Waals surface area contributed by atoms with Crippen LogP contribution >= 0.6 is 23.1 Å². The van der Waals surface area contributed by atoms with Crippen LogP contribution in [0.5, 0.6) is 0 Å². The zero-order valence-electron chi connectivity index (χ0n) is 18.3. The fourth-order valence-corrected chi connectivity index (χ4v) is 8.11. The van der Waals surface area contributed by atoms with Gasteiger partial charge in [-0.2, -0.15) is 0 Å². The molecule has 0 aromatic carbocycles. The van der Waals surface area contributed by atoms with Gasteiger partial charge in [0.05, 0.1) is 5.75 Å². The van der Waals surface area contributed by atoms with Crippen LogP contribution in [0.1, 0.15) is 44.9 Å².